The van der Waals surface area contributed by atoms with E-state index in [0.717, 1.165) is 17.3 Å². The second kappa shape index (κ2) is 9.44. The quantitative estimate of drug-likeness (QED) is 0.408. The Balaban J connectivity index is 1.43. The molecule has 1 fully saturated rings. The van der Waals surface area contributed by atoms with Gasteiger partial charge in [-0.1, -0.05) is 72.5 Å². The Hall–Kier alpha value is -3.82. The van der Waals surface area contributed by atoms with Gasteiger partial charge in [0.1, 0.15) is 16.7 Å². The van der Waals surface area contributed by atoms with E-state index in [1.807, 2.05) is 30.3 Å². The summed E-state index contributed by atoms with van der Waals surface area (Å²) in [5.74, 6) is -1.64. The lowest BCUT2D eigenvalue weighted by atomic mass is 10.1. The Labute approximate surface area is 210 Å². The van der Waals surface area contributed by atoms with Crippen LogP contribution in [0.25, 0.3) is 5.57 Å². The Morgan fingerprint density at radius 3 is 2.31 bits per heavy atom. The van der Waals surface area contributed by atoms with Crippen LogP contribution in [-0.4, -0.2) is 33.5 Å². The van der Waals surface area contributed by atoms with Crippen LogP contribution in [0.4, 0.5) is 15.8 Å². The first-order chi connectivity index (χ1) is 16.9. The minimum Gasteiger partial charge on any atom is -0.325 e. The summed E-state index contributed by atoms with van der Waals surface area (Å²) in [6.07, 6.45) is 0. The van der Waals surface area contributed by atoms with Crippen molar-refractivity contribution < 1.29 is 18.8 Å². The number of rotatable bonds is 5. The lowest BCUT2D eigenvalue weighted by Gasteiger charge is -2.17. The molecule has 6 nitrogen and oxygen atoms in total. The molecule has 2 aliphatic rings. The summed E-state index contributed by atoms with van der Waals surface area (Å²) < 4.78 is 13.5. The van der Waals surface area contributed by atoms with Crippen molar-refractivity contribution in [2.24, 2.45) is 0 Å². The smallest absolute Gasteiger partial charge is 0.267 e. The number of thiocarbonyl (C=S) groups is 1. The number of carbonyl (C=O) groups excluding carboxylic acids is 3. The molecular formula is C26H18FN3O3S2. The van der Waals surface area contributed by atoms with Gasteiger partial charge < -0.3 is 5.32 Å². The maximum Gasteiger partial charge on any atom is 0.267 e. The number of thioether (sulfide) groups is 1. The Bertz CT molecular complexity index is 1390. The standard InChI is InChI=1S/C26H18FN3O3S2/c27-17-10-12-18(13-11-17)28-21(31)15-29-20-9-5-4-8-19(20)22(24(29)32)23-25(33)30(26(34)35-23)14-16-6-2-1-3-7-16/h1-13H,14-15H2,(H,28,31)/b23-22-. The van der Waals surface area contributed by atoms with Crippen LogP contribution in [0.5, 0.6) is 0 Å². The van der Waals surface area contributed by atoms with Crippen LogP contribution in [0.1, 0.15) is 11.1 Å². The second-order valence-corrected chi connectivity index (χ2v) is 9.56. The van der Waals surface area contributed by atoms with E-state index in [1.165, 1.54) is 34.1 Å². The molecule has 0 aliphatic carbocycles. The van der Waals surface area contributed by atoms with Crippen molar-refractivity contribution in [3.63, 3.8) is 0 Å². The number of fused-ring (bicyclic) bond motifs is 1. The Kier molecular flexibility index (Phi) is 6.19. The van der Waals surface area contributed by atoms with Crippen molar-refractivity contribution in [2.45, 2.75) is 6.54 Å². The summed E-state index contributed by atoms with van der Waals surface area (Å²) in [5, 5.41) is 2.67. The van der Waals surface area contributed by atoms with Gasteiger partial charge in [-0.05, 0) is 35.9 Å². The van der Waals surface area contributed by atoms with Crippen LogP contribution >= 0.6 is 24.0 Å². The third kappa shape index (κ3) is 4.48. The summed E-state index contributed by atoms with van der Waals surface area (Å²) in [4.78, 5) is 42.6. The number of benzene rings is 3. The zero-order valence-electron chi connectivity index (χ0n) is 18.2. The maximum atomic E-state index is 13.5. The largest absolute Gasteiger partial charge is 0.325 e. The van der Waals surface area contributed by atoms with Gasteiger partial charge in [0, 0.05) is 11.3 Å². The van der Waals surface area contributed by atoms with Gasteiger partial charge in [-0.2, -0.15) is 0 Å². The van der Waals surface area contributed by atoms with Crippen LogP contribution in [0.3, 0.4) is 0 Å². The normalized spacial score (nSPS) is 17.2. The molecule has 0 unspecified atom stereocenters. The number of hydrogen-bond acceptors (Lipinski definition) is 5. The van der Waals surface area contributed by atoms with E-state index < -0.39 is 17.6 Å². The van der Waals surface area contributed by atoms with Crippen LogP contribution < -0.4 is 10.2 Å². The van der Waals surface area contributed by atoms with E-state index >= 15 is 0 Å². The van der Waals surface area contributed by atoms with Crippen molar-refractivity contribution >= 4 is 63.0 Å². The lowest BCUT2D eigenvalue weighted by Crippen LogP contribution is -2.35. The molecule has 5 rings (SSSR count). The molecule has 0 radical (unpaired) electrons. The summed E-state index contributed by atoms with van der Waals surface area (Å²) in [6, 6.07) is 21.9. The molecule has 174 valence electrons. The predicted octanol–water partition coefficient (Wildman–Crippen LogP) is 4.58. The highest BCUT2D eigenvalue weighted by Crippen LogP contribution is 2.44. The molecule has 1 N–H and O–H groups in total. The lowest BCUT2D eigenvalue weighted by molar-refractivity contribution is -0.122. The number of halogens is 1. The number of carbonyl (C=O) groups is 3. The third-order valence-electron chi connectivity index (χ3n) is 5.61. The molecule has 2 aliphatic heterocycles. The molecular weight excluding hydrogens is 485 g/mol. The number of anilines is 2. The molecule has 9 heteroatoms. The monoisotopic (exact) mass is 503 g/mol. The van der Waals surface area contributed by atoms with E-state index in [9.17, 15) is 18.8 Å². The number of para-hydroxylation sites is 1. The van der Waals surface area contributed by atoms with E-state index in [2.05, 4.69) is 5.32 Å². The molecule has 0 aromatic heterocycles. The zero-order chi connectivity index (χ0) is 24.5. The predicted molar refractivity (Wildman–Crippen MR) is 138 cm³/mol. The van der Waals surface area contributed by atoms with Gasteiger partial charge in [-0.3, -0.25) is 24.2 Å². The topological polar surface area (TPSA) is 69.7 Å². The molecule has 1 saturated heterocycles. The van der Waals surface area contributed by atoms with Crippen molar-refractivity contribution in [3.8, 4) is 0 Å². The summed E-state index contributed by atoms with van der Waals surface area (Å²) in [5.41, 5.74) is 2.69. The molecule has 2 heterocycles. The highest BCUT2D eigenvalue weighted by atomic mass is 32.2. The number of hydrogen-bond donors (Lipinski definition) is 1. The fourth-order valence-electron chi connectivity index (χ4n) is 3.99. The van der Waals surface area contributed by atoms with Gasteiger partial charge in [0.25, 0.3) is 11.8 Å². The van der Waals surface area contributed by atoms with Gasteiger partial charge in [0.2, 0.25) is 5.91 Å². The van der Waals surface area contributed by atoms with Crippen molar-refractivity contribution in [1.82, 2.24) is 4.90 Å². The highest BCUT2D eigenvalue weighted by molar-refractivity contribution is 8.26. The second-order valence-electron chi connectivity index (χ2n) is 7.91. The molecule has 3 aromatic rings. The number of nitrogens with one attached hydrogen (secondary N) is 1. The average Bonchev–Trinajstić information content (AvgIpc) is 3.28. The fraction of sp³-hybridized carbons (Fsp3) is 0.0769. The molecule has 0 atom stereocenters. The van der Waals surface area contributed by atoms with Crippen LogP contribution in [0.15, 0.2) is 83.8 Å². The Morgan fingerprint density at radius 1 is 0.886 bits per heavy atom. The minimum atomic E-state index is -0.447. The number of nitrogens with zero attached hydrogens (tertiary/aromatic N) is 2. The molecule has 0 spiro atoms. The van der Waals surface area contributed by atoms with Gasteiger partial charge in [0.15, 0.2) is 0 Å². The molecule has 0 bridgehead atoms. The van der Waals surface area contributed by atoms with Gasteiger partial charge in [-0.15, -0.1) is 0 Å². The highest BCUT2D eigenvalue weighted by Gasteiger charge is 2.42. The molecule has 3 aromatic carbocycles. The number of amides is 3. The molecule has 3 amide bonds. The molecule has 35 heavy (non-hydrogen) atoms. The van der Waals surface area contributed by atoms with E-state index in [-0.39, 0.29) is 22.9 Å². The zero-order valence-corrected chi connectivity index (χ0v) is 19.9. The van der Waals surface area contributed by atoms with Crippen LogP contribution in [0.2, 0.25) is 0 Å². The summed E-state index contributed by atoms with van der Waals surface area (Å²) >= 11 is 6.56. The summed E-state index contributed by atoms with van der Waals surface area (Å²) in [6.45, 7) is 0.0446. The van der Waals surface area contributed by atoms with Gasteiger partial charge in [-0.25, -0.2) is 4.39 Å². The maximum absolute atomic E-state index is 13.5. The third-order valence-corrected chi connectivity index (χ3v) is 7.06. The van der Waals surface area contributed by atoms with Crippen molar-refractivity contribution in [1.29, 1.82) is 0 Å². The van der Waals surface area contributed by atoms with Crippen LogP contribution in [-0.2, 0) is 20.9 Å². The van der Waals surface area contributed by atoms with Gasteiger partial charge >= 0.3 is 0 Å². The van der Waals surface area contributed by atoms with Gasteiger partial charge in [0.05, 0.1) is 22.7 Å². The van der Waals surface area contributed by atoms with E-state index in [0.29, 0.717) is 27.8 Å². The fourth-order valence-corrected chi connectivity index (χ4v) is 5.31. The first-order valence-electron chi connectivity index (χ1n) is 10.7. The van der Waals surface area contributed by atoms with Crippen molar-refractivity contribution in [2.75, 3.05) is 16.8 Å². The first-order valence-corrected chi connectivity index (χ1v) is 11.9. The molecule has 0 saturated carbocycles. The van der Waals surface area contributed by atoms with Crippen molar-refractivity contribution in [3.05, 3.63) is 101 Å². The van der Waals surface area contributed by atoms with E-state index in [1.54, 1.807) is 24.3 Å². The first kappa shape index (κ1) is 22.9. The Morgan fingerprint density at radius 2 is 1.57 bits per heavy atom. The summed E-state index contributed by atoms with van der Waals surface area (Å²) in [7, 11) is 0. The minimum absolute atomic E-state index is 0.239. The van der Waals surface area contributed by atoms with Crippen LogP contribution in [0, 0.1) is 5.82 Å². The SMILES string of the molecule is O=C(CN1C(=O)/C(=C2\SC(=S)N(Cc3ccccc3)C2=O)c2ccccc21)Nc1ccc(F)cc1. The van der Waals surface area contributed by atoms with E-state index in [4.69, 9.17) is 12.2 Å². The average molecular weight is 504 g/mol.